The van der Waals surface area contributed by atoms with E-state index in [4.69, 9.17) is 4.74 Å². The van der Waals surface area contributed by atoms with Crippen LogP contribution in [0.3, 0.4) is 0 Å². The Hall–Kier alpha value is -0.430. The predicted octanol–water partition coefficient (Wildman–Crippen LogP) is 2.30. The molecule has 1 heterocycles. The summed E-state index contributed by atoms with van der Waals surface area (Å²) in [7, 11) is -3.44. The fourth-order valence-corrected chi connectivity index (χ4v) is 3.55. The molecule has 1 N–H and O–H groups in total. The van der Waals surface area contributed by atoms with Gasteiger partial charge >= 0.3 is 0 Å². The van der Waals surface area contributed by atoms with Crippen LogP contribution in [0, 0.1) is 0 Å². The average Bonchev–Trinajstić information content (AvgIpc) is 2.38. The van der Waals surface area contributed by atoms with Gasteiger partial charge in [0.15, 0.2) is 0 Å². The number of ether oxygens (including phenoxy) is 1. The summed E-state index contributed by atoms with van der Waals surface area (Å²) in [6.07, 6.45) is 3.08. The van der Waals surface area contributed by atoms with E-state index in [1.807, 2.05) is 0 Å². The molecule has 100 valence electrons. The van der Waals surface area contributed by atoms with E-state index < -0.39 is 10.0 Å². The van der Waals surface area contributed by atoms with Crippen molar-refractivity contribution in [1.29, 1.82) is 0 Å². The van der Waals surface area contributed by atoms with Crippen molar-refractivity contribution in [3.63, 3.8) is 0 Å². The molecule has 0 aromatic heterocycles. The first-order chi connectivity index (χ1) is 8.58. The van der Waals surface area contributed by atoms with Gasteiger partial charge in [-0.2, -0.15) is 0 Å². The summed E-state index contributed by atoms with van der Waals surface area (Å²) in [5.41, 5.74) is 0. The Morgan fingerprint density at radius 1 is 1.39 bits per heavy atom. The molecule has 0 bridgehead atoms. The summed E-state index contributed by atoms with van der Waals surface area (Å²) in [4.78, 5) is 0.271. The van der Waals surface area contributed by atoms with E-state index in [9.17, 15) is 8.42 Å². The maximum atomic E-state index is 12.0. The second-order valence-corrected chi connectivity index (χ2v) is 6.98. The molecule has 18 heavy (non-hydrogen) atoms. The van der Waals surface area contributed by atoms with Crippen molar-refractivity contribution < 1.29 is 13.2 Å². The van der Waals surface area contributed by atoms with Crippen LogP contribution in [0.15, 0.2) is 33.6 Å². The molecule has 1 aliphatic rings. The van der Waals surface area contributed by atoms with Crippen molar-refractivity contribution >= 4 is 26.0 Å². The van der Waals surface area contributed by atoms with Crippen LogP contribution in [0.2, 0.25) is 0 Å². The first-order valence-electron chi connectivity index (χ1n) is 5.95. The van der Waals surface area contributed by atoms with Crippen LogP contribution in [0.5, 0.6) is 0 Å². The van der Waals surface area contributed by atoms with E-state index in [0.717, 1.165) is 30.3 Å². The molecule has 2 rings (SSSR count). The predicted molar refractivity (Wildman–Crippen MR) is 72.9 cm³/mol. The fraction of sp³-hybridized carbons (Fsp3) is 0.500. The quantitative estimate of drug-likeness (QED) is 0.919. The smallest absolute Gasteiger partial charge is 0.240 e. The molecule has 0 saturated carbocycles. The lowest BCUT2D eigenvalue weighted by molar-refractivity contribution is 0.0200. The Morgan fingerprint density at radius 3 is 2.89 bits per heavy atom. The van der Waals surface area contributed by atoms with Crippen molar-refractivity contribution in [1.82, 2.24) is 4.72 Å². The minimum absolute atomic E-state index is 0.000628. The number of benzene rings is 1. The van der Waals surface area contributed by atoms with Gasteiger partial charge in [-0.15, -0.1) is 0 Å². The molecule has 0 spiro atoms. The highest BCUT2D eigenvalue weighted by Crippen LogP contribution is 2.17. The second kappa shape index (κ2) is 6.14. The van der Waals surface area contributed by atoms with Gasteiger partial charge in [-0.3, -0.25) is 0 Å². The first kappa shape index (κ1) is 14.0. The Labute approximate surface area is 116 Å². The number of rotatable bonds is 4. The normalized spacial score (nSPS) is 20.8. The van der Waals surface area contributed by atoms with Crippen LogP contribution in [-0.4, -0.2) is 27.7 Å². The highest BCUT2D eigenvalue weighted by atomic mass is 79.9. The van der Waals surface area contributed by atoms with Gasteiger partial charge in [0.05, 0.1) is 11.0 Å². The van der Waals surface area contributed by atoms with E-state index in [1.165, 1.54) is 0 Å². The second-order valence-electron chi connectivity index (χ2n) is 4.30. The average molecular weight is 334 g/mol. The molecule has 0 amide bonds. The first-order valence-corrected chi connectivity index (χ1v) is 8.22. The topological polar surface area (TPSA) is 55.4 Å². The van der Waals surface area contributed by atoms with Crippen LogP contribution in [-0.2, 0) is 14.8 Å². The Balaban J connectivity index is 1.98. The van der Waals surface area contributed by atoms with Gasteiger partial charge in [0, 0.05) is 17.6 Å². The third kappa shape index (κ3) is 3.78. The third-order valence-corrected chi connectivity index (χ3v) is 4.80. The molecular weight excluding hydrogens is 318 g/mol. The Morgan fingerprint density at radius 2 is 2.22 bits per heavy atom. The standard InChI is InChI=1S/C12H16BrNO3S/c13-10-4-3-6-12(8-10)18(15,16)14-9-11-5-1-2-7-17-11/h3-4,6,8,11,14H,1-2,5,7,9H2. The highest BCUT2D eigenvalue weighted by molar-refractivity contribution is 9.10. The van der Waals surface area contributed by atoms with Gasteiger partial charge in [0.1, 0.15) is 0 Å². The Kier molecular flexibility index (Phi) is 4.77. The molecule has 1 unspecified atom stereocenters. The van der Waals surface area contributed by atoms with E-state index >= 15 is 0 Å². The maximum Gasteiger partial charge on any atom is 0.240 e. The lowest BCUT2D eigenvalue weighted by Crippen LogP contribution is -2.35. The molecular formula is C12H16BrNO3S. The van der Waals surface area contributed by atoms with E-state index in [1.54, 1.807) is 24.3 Å². The molecule has 1 saturated heterocycles. The van der Waals surface area contributed by atoms with E-state index in [2.05, 4.69) is 20.7 Å². The number of sulfonamides is 1. The molecule has 6 heteroatoms. The van der Waals surface area contributed by atoms with Crippen LogP contribution in [0.1, 0.15) is 19.3 Å². The molecule has 1 aliphatic heterocycles. The zero-order valence-electron chi connectivity index (χ0n) is 9.93. The van der Waals surface area contributed by atoms with Crippen molar-refractivity contribution in [2.75, 3.05) is 13.2 Å². The number of halogens is 1. The minimum atomic E-state index is -3.44. The molecule has 0 aliphatic carbocycles. The van der Waals surface area contributed by atoms with Gasteiger partial charge < -0.3 is 4.74 Å². The maximum absolute atomic E-state index is 12.0. The van der Waals surface area contributed by atoms with Gasteiger partial charge in [-0.05, 0) is 37.5 Å². The largest absolute Gasteiger partial charge is 0.377 e. The lowest BCUT2D eigenvalue weighted by atomic mass is 10.1. The number of hydrogen-bond donors (Lipinski definition) is 1. The van der Waals surface area contributed by atoms with Gasteiger partial charge in [0.2, 0.25) is 10.0 Å². The molecule has 4 nitrogen and oxygen atoms in total. The van der Waals surface area contributed by atoms with Gasteiger partial charge in [-0.25, -0.2) is 13.1 Å². The van der Waals surface area contributed by atoms with Crippen LogP contribution < -0.4 is 4.72 Å². The van der Waals surface area contributed by atoms with Crippen molar-refractivity contribution in [2.45, 2.75) is 30.3 Å². The summed E-state index contributed by atoms with van der Waals surface area (Å²) < 4.78 is 32.9. The minimum Gasteiger partial charge on any atom is -0.377 e. The van der Waals surface area contributed by atoms with Crippen molar-refractivity contribution in [3.8, 4) is 0 Å². The van der Waals surface area contributed by atoms with Crippen LogP contribution in [0.4, 0.5) is 0 Å². The van der Waals surface area contributed by atoms with E-state index in [-0.39, 0.29) is 11.0 Å². The van der Waals surface area contributed by atoms with Crippen molar-refractivity contribution in [3.05, 3.63) is 28.7 Å². The van der Waals surface area contributed by atoms with Crippen LogP contribution >= 0.6 is 15.9 Å². The summed E-state index contributed by atoms with van der Waals surface area (Å²) in [5.74, 6) is 0. The summed E-state index contributed by atoms with van der Waals surface area (Å²) in [6, 6.07) is 6.66. The zero-order chi connectivity index (χ0) is 13.0. The fourth-order valence-electron chi connectivity index (χ4n) is 1.89. The summed E-state index contributed by atoms with van der Waals surface area (Å²) >= 11 is 3.27. The molecule has 1 aromatic carbocycles. The van der Waals surface area contributed by atoms with Crippen molar-refractivity contribution in [2.24, 2.45) is 0 Å². The molecule has 1 fully saturated rings. The molecule has 1 aromatic rings. The monoisotopic (exact) mass is 333 g/mol. The number of hydrogen-bond acceptors (Lipinski definition) is 3. The lowest BCUT2D eigenvalue weighted by Gasteiger charge is -2.22. The SMILES string of the molecule is O=S(=O)(NCC1CCCCO1)c1cccc(Br)c1. The van der Waals surface area contributed by atoms with Gasteiger partial charge in [-0.1, -0.05) is 22.0 Å². The third-order valence-electron chi connectivity index (χ3n) is 2.88. The summed E-state index contributed by atoms with van der Waals surface area (Å²) in [5, 5.41) is 0. The van der Waals surface area contributed by atoms with Crippen LogP contribution in [0.25, 0.3) is 0 Å². The zero-order valence-corrected chi connectivity index (χ0v) is 12.3. The molecule has 1 atom stereocenters. The van der Waals surface area contributed by atoms with E-state index in [0.29, 0.717) is 6.54 Å². The highest BCUT2D eigenvalue weighted by Gasteiger charge is 2.19. The van der Waals surface area contributed by atoms with Gasteiger partial charge in [0.25, 0.3) is 0 Å². The molecule has 0 radical (unpaired) electrons. The summed E-state index contributed by atoms with van der Waals surface area (Å²) in [6.45, 7) is 1.07. The Bertz CT molecular complexity index is 498. The number of nitrogens with one attached hydrogen (secondary N) is 1.